The van der Waals surface area contributed by atoms with Gasteiger partial charge in [-0.15, -0.1) is 11.3 Å². The Morgan fingerprint density at radius 1 is 1.19 bits per heavy atom. The van der Waals surface area contributed by atoms with Crippen molar-refractivity contribution in [3.63, 3.8) is 0 Å². The third-order valence-electron chi connectivity index (χ3n) is 3.80. The smallest absolute Gasteiger partial charge is 0.191 e. The molecule has 0 N–H and O–H groups in total. The third-order valence-corrected chi connectivity index (χ3v) is 5.14. The van der Waals surface area contributed by atoms with E-state index in [1.165, 1.54) is 23.5 Å². The van der Waals surface area contributed by atoms with E-state index in [0.29, 0.717) is 27.5 Å². The van der Waals surface area contributed by atoms with E-state index in [-0.39, 0.29) is 11.5 Å². The first kappa shape index (κ1) is 16.8. The van der Waals surface area contributed by atoms with Crippen molar-refractivity contribution in [3.05, 3.63) is 57.9 Å². The maximum Gasteiger partial charge on any atom is 0.191 e. The highest BCUT2D eigenvalue weighted by Gasteiger charge is 2.20. The van der Waals surface area contributed by atoms with Gasteiger partial charge in [-0.1, -0.05) is 0 Å². The van der Waals surface area contributed by atoms with E-state index in [0.717, 1.165) is 11.3 Å². The number of hydrogen-bond acceptors (Lipinski definition) is 6. The lowest BCUT2D eigenvalue weighted by Crippen LogP contribution is -2.14. The molecule has 0 unspecified atom stereocenters. The Labute approximate surface area is 160 Å². The Morgan fingerprint density at radius 3 is 2.69 bits per heavy atom. The number of aromatic nitrogens is 4. The van der Waals surface area contributed by atoms with Crippen molar-refractivity contribution in [2.75, 3.05) is 11.9 Å². The highest BCUT2D eigenvalue weighted by Crippen LogP contribution is 2.32. The van der Waals surface area contributed by atoms with Crippen LogP contribution in [-0.2, 0) is 0 Å². The molecule has 0 saturated heterocycles. The summed E-state index contributed by atoms with van der Waals surface area (Å²) >= 11 is 4.74. The predicted octanol–water partition coefficient (Wildman–Crippen LogP) is 4.33. The molecular formula is C17H11BrFN5OS. The highest BCUT2D eigenvalue weighted by molar-refractivity contribution is 9.10. The summed E-state index contributed by atoms with van der Waals surface area (Å²) in [5.74, 6) is 0.232. The number of carbonyl (C=O) groups is 1. The zero-order chi connectivity index (χ0) is 18.3. The van der Waals surface area contributed by atoms with Gasteiger partial charge in [0.05, 0.1) is 5.69 Å². The number of benzene rings is 1. The van der Waals surface area contributed by atoms with Gasteiger partial charge < -0.3 is 4.90 Å². The van der Waals surface area contributed by atoms with E-state index in [4.69, 9.17) is 0 Å². The maximum atomic E-state index is 13.1. The molecule has 0 aliphatic carbocycles. The molecular weight excluding hydrogens is 421 g/mol. The summed E-state index contributed by atoms with van der Waals surface area (Å²) < 4.78 is 15.3. The Balaban J connectivity index is 1.78. The second kappa shape index (κ2) is 6.58. The lowest BCUT2D eigenvalue weighted by atomic mass is 10.2. The predicted molar refractivity (Wildman–Crippen MR) is 102 cm³/mol. The SMILES string of the molecule is CN(c1nc(-c2ccc(F)cc2)cs1)c1c(C=O)nc2ccc(Br)nn12. The Bertz CT molecular complexity index is 1110. The minimum absolute atomic E-state index is 0.275. The van der Waals surface area contributed by atoms with E-state index in [1.54, 1.807) is 40.7 Å². The molecule has 3 aromatic heterocycles. The van der Waals surface area contributed by atoms with Gasteiger partial charge in [-0.3, -0.25) is 4.79 Å². The van der Waals surface area contributed by atoms with Gasteiger partial charge in [0.25, 0.3) is 0 Å². The van der Waals surface area contributed by atoms with Crippen LogP contribution in [-0.4, -0.2) is 32.9 Å². The van der Waals surface area contributed by atoms with E-state index in [2.05, 4.69) is 31.0 Å². The van der Waals surface area contributed by atoms with Gasteiger partial charge in [0.2, 0.25) is 0 Å². The Hall–Kier alpha value is -2.65. The molecule has 9 heteroatoms. The summed E-state index contributed by atoms with van der Waals surface area (Å²) in [6.07, 6.45) is 0.697. The fraction of sp³-hybridized carbons (Fsp3) is 0.0588. The van der Waals surface area contributed by atoms with Crippen LogP contribution in [0.4, 0.5) is 15.3 Å². The van der Waals surface area contributed by atoms with Crippen LogP contribution >= 0.6 is 27.3 Å². The molecule has 6 nitrogen and oxygen atoms in total. The molecule has 3 heterocycles. The Morgan fingerprint density at radius 2 is 1.96 bits per heavy atom. The van der Waals surface area contributed by atoms with Crippen molar-refractivity contribution in [1.29, 1.82) is 0 Å². The monoisotopic (exact) mass is 431 g/mol. The number of imidazole rings is 1. The normalized spacial score (nSPS) is 11.0. The molecule has 0 spiro atoms. The van der Waals surface area contributed by atoms with Crippen LogP contribution in [0.3, 0.4) is 0 Å². The molecule has 0 amide bonds. The van der Waals surface area contributed by atoms with Crippen molar-refractivity contribution in [1.82, 2.24) is 19.6 Å². The van der Waals surface area contributed by atoms with Gasteiger partial charge in [-0.2, -0.15) is 9.61 Å². The minimum atomic E-state index is -0.292. The molecule has 26 heavy (non-hydrogen) atoms. The number of fused-ring (bicyclic) bond motifs is 1. The number of nitrogens with zero attached hydrogens (tertiary/aromatic N) is 5. The molecule has 0 aliphatic heterocycles. The van der Waals surface area contributed by atoms with Gasteiger partial charge in [0.15, 0.2) is 22.9 Å². The molecule has 0 aliphatic rings. The third kappa shape index (κ3) is 2.89. The summed E-state index contributed by atoms with van der Waals surface area (Å²) in [5.41, 5.74) is 2.38. The molecule has 1 aromatic carbocycles. The number of halogens is 2. The molecule has 4 rings (SSSR count). The minimum Gasteiger partial charge on any atom is -0.303 e. The topological polar surface area (TPSA) is 63.4 Å². The van der Waals surface area contributed by atoms with Crippen LogP contribution in [0.15, 0.2) is 46.4 Å². The fourth-order valence-corrected chi connectivity index (χ4v) is 3.66. The van der Waals surface area contributed by atoms with E-state index >= 15 is 0 Å². The quantitative estimate of drug-likeness (QED) is 0.449. The molecule has 130 valence electrons. The first-order valence-corrected chi connectivity index (χ1v) is 9.20. The van der Waals surface area contributed by atoms with Gasteiger partial charge >= 0.3 is 0 Å². The van der Waals surface area contributed by atoms with Crippen LogP contribution in [0.2, 0.25) is 0 Å². The van der Waals surface area contributed by atoms with E-state index in [1.807, 2.05) is 5.38 Å². The lowest BCUT2D eigenvalue weighted by molar-refractivity contribution is 0.112. The first-order valence-electron chi connectivity index (χ1n) is 7.52. The molecule has 0 bridgehead atoms. The van der Waals surface area contributed by atoms with Crippen LogP contribution in [0.25, 0.3) is 16.9 Å². The number of carbonyl (C=O) groups excluding carboxylic acids is 1. The van der Waals surface area contributed by atoms with Crippen molar-refractivity contribution >= 4 is 50.1 Å². The van der Waals surface area contributed by atoms with Crippen molar-refractivity contribution in [3.8, 4) is 11.3 Å². The molecule has 0 fully saturated rings. The molecule has 0 radical (unpaired) electrons. The van der Waals surface area contributed by atoms with E-state index < -0.39 is 0 Å². The van der Waals surface area contributed by atoms with Crippen LogP contribution in [0.5, 0.6) is 0 Å². The van der Waals surface area contributed by atoms with Crippen LogP contribution < -0.4 is 4.90 Å². The zero-order valence-corrected chi connectivity index (χ0v) is 15.8. The van der Waals surface area contributed by atoms with Crippen molar-refractivity contribution < 1.29 is 9.18 Å². The Kier molecular flexibility index (Phi) is 4.25. The second-order valence-corrected chi connectivity index (χ2v) is 7.09. The highest BCUT2D eigenvalue weighted by atomic mass is 79.9. The first-order chi connectivity index (χ1) is 12.6. The van der Waals surface area contributed by atoms with Crippen LogP contribution in [0.1, 0.15) is 10.5 Å². The molecule has 4 aromatic rings. The standard InChI is InChI=1S/C17H11BrFN5OS/c1-23(16-12(8-25)20-15-7-6-14(18)22-24(15)16)17-21-13(9-26-17)10-2-4-11(19)5-3-10/h2-9H,1H3. The summed E-state index contributed by atoms with van der Waals surface area (Å²) in [6, 6.07) is 9.68. The van der Waals surface area contributed by atoms with E-state index in [9.17, 15) is 9.18 Å². The number of anilines is 2. The number of thiazole rings is 1. The lowest BCUT2D eigenvalue weighted by Gasteiger charge is -2.15. The summed E-state index contributed by atoms with van der Waals surface area (Å²) in [4.78, 5) is 22.1. The van der Waals surface area contributed by atoms with Crippen molar-refractivity contribution in [2.24, 2.45) is 0 Å². The average molecular weight is 432 g/mol. The number of aldehydes is 1. The number of rotatable bonds is 4. The largest absolute Gasteiger partial charge is 0.303 e. The van der Waals surface area contributed by atoms with Gasteiger partial charge in [0.1, 0.15) is 16.1 Å². The average Bonchev–Trinajstić information content (AvgIpc) is 3.26. The van der Waals surface area contributed by atoms with Gasteiger partial charge in [-0.25, -0.2) is 14.4 Å². The molecule has 0 atom stereocenters. The second-order valence-electron chi connectivity index (χ2n) is 5.45. The van der Waals surface area contributed by atoms with Gasteiger partial charge in [-0.05, 0) is 52.3 Å². The molecule has 0 saturated carbocycles. The van der Waals surface area contributed by atoms with Gasteiger partial charge in [0, 0.05) is 18.0 Å². The number of hydrogen-bond donors (Lipinski definition) is 0. The van der Waals surface area contributed by atoms with Crippen molar-refractivity contribution in [2.45, 2.75) is 0 Å². The summed E-state index contributed by atoms with van der Waals surface area (Å²) in [7, 11) is 1.80. The zero-order valence-electron chi connectivity index (χ0n) is 13.4. The summed E-state index contributed by atoms with van der Waals surface area (Å²) in [6.45, 7) is 0. The summed E-state index contributed by atoms with van der Waals surface area (Å²) in [5, 5.41) is 6.92. The maximum absolute atomic E-state index is 13.1. The van der Waals surface area contributed by atoms with Crippen LogP contribution in [0, 0.1) is 5.82 Å². The fourth-order valence-electron chi connectivity index (χ4n) is 2.57.